The molecule has 1 fully saturated rings. The van der Waals surface area contributed by atoms with Crippen LogP contribution in [0.2, 0.25) is 0 Å². The summed E-state index contributed by atoms with van der Waals surface area (Å²) in [6, 6.07) is 5.20. The molecule has 1 saturated heterocycles. The van der Waals surface area contributed by atoms with Crippen molar-refractivity contribution in [2.45, 2.75) is 25.6 Å². The number of nitrogens with two attached hydrogens (primary N) is 1. The summed E-state index contributed by atoms with van der Waals surface area (Å²) in [4.78, 5) is 13.6. The summed E-state index contributed by atoms with van der Waals surface area (Å²) < 4.78 is 38.9. The molecule has 2 rings (SSSR count). The summed E-state index contributed by atoms with van der Waals surface area (Å²) in [7, 11) is 0. The number of benzene rings is 1. The summed E-state index contributed by atoms with van der Waals surface area (Å²) in [5.74, 6) is -0.294. The minimum atomic E-state index is -4.44. The standard InChI is InChI=1S/C15H17F3N2O/c1-10(8-14(21)20-7-6-11(19)9-20)12-4-2-3-5-13(12)15(16,17)18/h2-5,8,11H,6-7,9,19H2,1H3/t11-/m0/s1. The SMILES string of the molecule is CC(=CC(=O)N1CC[C@H](N)C1)c1ccccc1C(F)(F)F. The van der Waals surface area contributed by atoms with Gasteiger partial charge in [-0.05, 0) is 30.5 Å². The zero-order chi connectivity index (χ0) is 15.6. The highest BCUT2D eigenvalue weighted by molar-refractivity contribution is 5.95. The van der Waals surface area contributed by atoms with E-state index in [4.69, 9.17) is 5.73 Å². The molecule has 0 aliphatic carbocycles. The molecule has 0 unspecified atom stereocenters. The number of amides is 1. The number of alkyl halides is 3. The van der Waals surface area contributed by atoms with Crippen LogP contribution in [0.3, 0.4) is 0 Å². The fourth-order valence-electron chi connectivity index (χ4n) is 2.42. The Labute approximate surface area is 121 Å². The van der Waals surface area contributed by atoms with Crippen LogP contribution in [-0.2, 0) is 11.0 Å². The van der Waals surface area contributed by atoms with Gasteiger partial charge in [0.2, 0.25) is 5.91 Å². The molecule has 1 aromatic carbocycles. The van der Waals surface area contributed by atoms with E-state index in [9.17, 15) is 18.0 Å². The predicted molar refractivity (Wildman–Crippen MR) is 74.3 cm³/mol. The van der Waals surface area contributed by atoms with Gasteiger partial charge in [-0.25, -0.2) is 0 Å². The molecular weight excluding hydrogens is 281 g/mol. The second kappa shape index (κ2) is 5.89. The zero-order valence-electron chi connectivity index (χ0n) is 11.7. The average Bonchev–Trinajstić information content (AvgIpc) is 2.84. The van der Waals surface area contributed by atoms with Gasteiger partial charge >= 0.3 is 6.18 Å². The lowest BCUT2D eigenvalue weighted by Gasteiger charge is -2.16. The number of halogens is 3. The van der Waals surface area contributed by atoms with Crippen LogP contribution in [-0.4, -0.2) is 29.9 Å². The van der Waals surface area contributed by atoms with Crippen molar-refractivity contribution < 1.29 is 18.0 Å². The number of hydrogen-bond donors (Lipinski definition) is 1. The Hall–Kier alpha value is -1.82. The molecule has 6 heteroatoms. The number of allylic oxidation sites excluding steroid dienone is 1. The Kier molecular flexibility index (Phi) is 4.37. The summed E-state index contributed by atoms with van der Waals surface area (Å²) in [6.07, 6.45) is -2.47. The fourth-order valence-corrected chi connectivity index (χ4v) is 2.42. The van der Waals surface area contributed by atoms with Gasteiger partial charge in [0.15, 0.2) is 0 Å². The molecule has 114 valence electrons. The van der Waals surface area contributed by atoms with Crippen LogP contribution in [0.15, 0.2) is 30.3 Å². The molecule has 1 heterocycles. The highest BCUT2D eigenvalue weighted by Gasteiger charge is 2.33. The Morgan fingerprint density at radius 3 is 2.62 bits per heavy atom. The lowest BCUT2D eigenvalue weighted by molar-refractivity contribution is -0.137. The van der Waals surface area contributed by atoms with Crippen LogP contribution in [0.25, 0.3) is 5.57 Å². The molecule has 1 aromatic rings. The predicted octanol–water partition coefficient (Wildman–Crippen LogP) is 2.67. The monoisotopic (exact) mass is 298 g/mol. The quantitative estimate of drug-likeness (QED) is 0.853. The molecule has 0 saturated carbocycles. The van der Waals surface area contributed by atoms with Crippen LogP contribution >= 0.6 is 0 Å². The second-order valence-electron chi connectivity index (χ2n) is 5.20. The molecule has 2 N–H and O–H groups in total. The van der Waals surface area contributed by atoms with E-state index < -0.39 is 11.7 Å². The lowest BCUT2D eigenvalue weighted by Crippen LogP contribution is -2.30. The van der Waals surface area contributed by atoms with Crippen LogP contribution < -0.4 is 5.73 Å². The van der Waals surface area contributed by atoms with Crippen molar-refractivity contribution in [3.63, 3.8) is 0 Å². The Bertz CT molecular complexity index is 566. The van der Waals surface area contributed by atoms with Crippen molar-refractivity contribution in [3.05, 3.63) is 41.5 Å². The number of nitrogens with zero attached hydrogens (tertiary/aromatic N) is 1. The van der Waals surface area contributed by atoms with Gasteiger partial charge in [0.25, 0.3) is 0 Å². The highest BCUT2D eigenvalue weighted by atomic mass is 19.4. The van der Waals surface area contributed by atoms with Crippen LogP contribution in [0.1, 0.15) is 24.5 Å². The van der Waals surface area contributed by atoms with E-state index in [1.807, 2.05) is 0 Å². The Morgan fingerprint density at radius 1 is 1.38 bits per heavy atom. The molecule has 0 bridgehead atoms. The third kappa shape index (κ3) is 3.64. The lowest BCUT2D eigenvalue weighted by atomic mass is 10.00. The van der Waals surface area contributed by atoms with Gasteiger partial charge in [-0.2, -0.15) is 13.2 Å². The van der Waals surface area contributed by atoms with Gasteiger partial charge in [-0.3, -0.25) is 4.79 Å². The molecule has 0 radical (unpaired) electrons. The van der Waals surface area contributed by atoms with Crippen molar-refractivity contribution in [2.75, 3.05) is 13.1 Å². The summed E-state index contributed by atoms with van der Waals surface area (Å²) in [5.41, 5.74) is 5.32. The smallest absolute Gasteiger partial charge is 0.338 e. The molecule has 0 spiro atoms. The maximum absolute atomic E-state index is 13.0. The summed E-state index contributed by atoms with van der Waals surface area (Å²) in [6.45, 7) is 2.51. The minimum absolute atomic E-state index is 0.0295. The van der Waals surface area contributed by atoms with Gasteiger partial charge < -0.3 is 10.6 Å². The summed E-state index contributed by atoms with van der Waals surface area (Å²) in [5, 5.41) is 0. The molecule has 1 atom stereocenters. The number of likely N-dealkylation sites (tertiary alicyclic amines) is 1. The van der Waals surface area contributed by atoms with Crippen molar-refractivity contribution in [1.29, 1.82) is 0 Å². The first-order valence-electron chi connectivity index (χ1n) is 6.68. The average molecular weight is 298 g/mol. The van der Waals surface area contributed by atoms with Crippen molar-refractivity contribution in [1.82, 2.24) is 4.90 Å². The van der Waals surface area contributed by atoms with Gasteiger partial charge in [0.1, 0.15) is 0 Å². The number of rotatable bonds is 2. The third-order valence-electron chi connectivity index (χ3n) is 3.53. The fraction of sp³-hybridized carbons (Fsp3) is 0.400. The van der Waals surface area contributed by atoms with E-state index in [1.54, 1.807) is 4.90 Å². The van der Waals surface area contributed by atoms with Crippen molar-refractivity contribution in [2.24, 2.45) is 5.73 Å². The molecule has 1 aliphatic heterocycles. The van der Waals surface area contributed by atoms with E-state index in [-0.39, 0.29) is 17.5 Å². The van der Waals surface area contributed by atoms with E-state index >= 15 is 0 Å². The van der Waals surface area contributed by atoms with Crippen molar-refractivity contribution >= 4 is 11.5 Å². The molecule has 1 amide bonds. The third-order valence-corrected chi connectivity index (χ3v) is 3.53. The van der Waals surface area contributed by atoms with E-state index in [2.05, 4.69) is 0 Å². The largest absolute Gasteiger partial charge is 0.416 e. The maximum Gasteiger partial charge on any atom is 0.416 e. The maximum atomic E-state index is 13.0. The number of carbonyl (C=O) groups is 1. The Balaban J connectivity index is 2.26. The zero-order valence-corrected chi connectivity index (χ0v) is 11.7. The topological polar surface area (TPSA) is 46.3 Å². The Morgan fingerprint density at radius 2 is 2.05 bits per heavy atom. The van der Waals surface area contributed by atoms with Crippen LogP contribution in [0.5, 0.6) is 0 Å². The first-order chi connectivity index (χ1) is 9.79. The van der Waals surface area contributed by atoms with Gasteiger partial charge in [0, 0.05) is 25.2 Å². The normalized spacial score (nSPS) is 20.0. The highest BCUT2D eigenvalue weighted by Crippen LogP contribution is 2.34. The summed E-state index contributed by atoms with van der Waals surface area (Å²) >= 11 is 0. The number of carbonyl (C=O) groups excluding carboxylic acids is 1. The minimum Gasteiger partial charge on any atom is -0.338 e. The van der Waals surface area contributed by atoms with E-state index in [0.29, 0.717) is 18.7 Å². The van der Waals surface area contributed by atoms with E-state index in [0.717, 1.165) is 12.5 Å². The molecular formula is C15H17F3N2O. The van der Waals surface area contributed by atoms with Crippen molar-refractivity contribution in [3.8, 4) is 0 Å². The molecule has 1 aliphatic rings. The van der Waals surface area contributed by atoms with E-state index in [1.165, 1.54) is 31.2 Å². The molecule has 21 heavy (non-hydrogen) atoms. The van der Waals surface area contributed by atoms with Crippen LogP contribution in [0, 0.1) is 0 Å². The molecule has 3 nitrogen and oxygen atoms in total. The van der Waals surface area contributed by atoms with Gasteiger partial charge in [-0.15, -0.1) is 0 Å². The second-order valence-corrected chi connectivity index (χ2v) is 5.20. The molecule has 0 aromatic heterocycles. The first kappa shape index (κ1) is 15.6. The first-order valence-corrected chi connectivity index (χ1v) is 6.68. The number of hydrogen-bond acceptors (Lipinski definition) is 2. The van der Waals surface area contributed by atoms with Gasteiger partial charge in [0.05, 0.1) is 5.56 Å². The van der Waals surface area contributed by atoms with Gasteiger partial charge in [-0.1, -0.05) is 18.2 Å². The van der Waals surface area contributed by atoms with Crippen LogP contribution in [0.4, 0.5) is 13.2 Å².